The Bertz CT molecular complexity index is 579. The number of Topliss-reactive ketones (excluding diaryl/α,β-unsaturated/α-hetero) is 1. The van der Waals surface area contributed by atoms with Crippen LogP contribution in [0, 0.1) is 13.8 Å². The lowest BCUT2D eigenvalue weighted by molar-refractivity contribution is -0.116. The van der Waals surface area contributed by atoms with Crippen LogP contribution in [0.3, 0.4) is 0 Å². The summed E-state index contributed by atoms with van der Waals surface area (Å²) >= 11 is 0. The van der Waals surface area contributed by atoms with E-state index in [1.807, 2.05) is 13.8 Å². The van der Waals surface area contributed by atoms with Crippen LogP contribution in [0.5, 0.6) is 5.75 Å². The van der Waals surface area contributed by atoms with Gasteiger partial charge in [0.15, 0.2) is 0 Å². The number of sulfonamides is 1. The third-order valence-corrected chi connectivity index (χ3v) is 4.32. The number of nitrogens with one attached hydrogen (secondary N) is 1. The van der Waals surface area contributed by atoms with Crippen LogP contribution in [0.1, 0.15) is 24.5 Å². The van der Waals surface area contributed by atoms with E-state index in [1.165, 1.54) is 14.0 Å². The highest BCUT2D eigenvalue weighted by Gasteiger charge is 2.20. The molecule has 1 aromatic carbocycles. The topological polar surface area (TPSA) is 72.5 Å². The van der Waals surface area contributed by atoms with E-state index in [-0.39, 0.29) is 23.6 Å². The molecule has 106 valence electrons. The maximum Gasteiger partial charge on any atom is 0.244 e. The van der Waals surface area contributed by atoms with E-state index in [9.17, 15) is 13.2 Å². The number of carbonyl (C=O) groups is 1. The molecule has 1 rings (SSSR count). The average Bonchev–Trinajstić information content (AvgIpc) is 2.31. The number of rotatable bonds is 6. The molecule has 0 saturated heterocycles. The van der Waals surface area contributed by atoms with Crippen molar-refractivity contribution in [3.63, 3.8) is 0 Å². The minimum Gasteiger partial charge on any atom is -0.495 e. The molecule has 0 aliphatic heterocycles. The fourth-order valence-corrected chi connectivity index (χ4v) is 2.84. The Hall–Kier alpha value is -1.40. The van der Waals surface area contributed by atoms with Gasteiger partial charge >= 0.3 is 0 Å². The summed E-state index contributed by atoms with van der Waals surface area (Å²) in [5.74, 6) is 0.244. The van der Waals surface area contributed by atoms with Crippen LogP contribution in [0.25, 0.3) is 0 Å². The molecule has 0 amide bonds. The molecule has 0 bridgehead atoms. The number of carbonyl (C=O) groups excluding carboxylic acids is 1. The first-order valence-electron chi connectivity index (χ1n) is 5.92. The summed E-state index contributed by atoms with van der Waals surface area (Å²) in [5, 5.41) is 0. The van der Waals surface area contributed by atoms with E-state index in [2.05, 4.69) is 4.72 Å². The fraction of sp³-hybridized carbons (Fsp3) is 0.462. The van der Waals surface area contributed by atoms with Gasteiger partial charge in [0.1, 0.15) is 16.4 Å². The van der Waals surface area contributed by atoms with Gasteiger partial charge in [-0.3, -0.25) is 4.79 Å². The molecule has 0 saturated carbocycles. The highest BCUT2D eigenvalue weighted by Crippen LogP contribution is 2.27. The van der Waals surface area contributed by atoms with Gasteiger partial charge in [0, 0.05) is 13.0 Å². The van der Waals surface area contributed by atoms with Crippen molar-refractivity contribution in [2.75, 3.05) is 13.7 Å². The molecular formula is C13H19NO4S. The lowest BCUT2D eigenvalue weighted by atomic mass is 10.1. The number of methoxy groups -OCH3 is 1. The van der Waals surface area contributed by atoms with Gasteiger partial charge in [-0.1, -0.05) is 0 Å². The molecule has 0 aliphatic rings. The van der Waals surface area contributed by atoms with Crippen LogP contribution < -0.4 is 9.46 Å². The molecule has 19 heavy (non-hydrogen) atoms. The zero-order valence-corrected chi connectivity index (χ0v) is 12.4. The highest BCUT2D eigenvalue weighted by atomic mass is 32.2. The van der Waals surface area contributed by atoms with Crippen molar-refractivity contribution in [3.05, 3.63) is 23.3 Å². The second-order valence-corrected chi connectivity index (χ2v) is 6.17. The standard InChI is InChI=1S/C13H19NO4S/c1-9-7-12(18-4)13(8-10(9)2)19(16,17)14-6-5-11(3)15/h7-8,14H,5-6H2,1-4H3. The van der Waals surface area contributed by atoms with E-state index in [0.29, 0.717) is 5.75 Å². The summed E-state index contributed by atoms with van der Waals surface area (Å²) in [4.78, 5) is 10.9. The van der Waals surface area contributed by atoms with E-state index in [1.54, 1.807) is 12.1 Å². The Balaban J connectivity index is 3.06. The van der Waals surface area contributed by atoms with Gasteiger partial charge in [-0.2, -0.15) is 0 Å². The van der Waals surface area contributed by atoms with Gasteiger partial charge in [-0.05, 0) is 44.0 Å². The second kappa shape index (κ2) is 6.16. The summed E-state index contributed by atoms with van der Waals surface area (Å²) in [5.41, 5.74) is 1.83. The summed E-state index contributed by atoms with van der Waals surface area (Å²) < 4.78 is 31.8. The van der Waals surface area contributed by atoms with Gasteiger partial charge in [-0.25, -0.2) is 13.1 Å². The summed E-state index contributed by atoms with van der Waals surface area (Å²) in [6.07, 6.45) is 0.173. The largest absolute Gasteiger partial charge is 0.495 e. The van der Waals surface area contributed by atoms with Crippen molar-refractivity contribution in [3.8, 4) is 5.75 Å². The Kier molecular flexibility index (Phi) is 5.08. The van der Waals surface area contributed by atoms with Crippen LogP contribution in [0.15, 0.2) is 17.0 Å². The van der Waals surface area contributed by atoms with Gasteiger partial charge in [0.2, 0.25) is 10.0 Å². The molecular weight excluding hydrogens is 266 g/mol. The van der Waals surface area contributed by atoms with Crippen molar-refractivity contribution in [2.45, 2.75) is 32.1 Å². The number of benzene rings is 1. The predicted molar refractivity (Wildman–Crippen MR) is 73.0 cm³/mol. The van der Waals surface area contributed by atoms with Gasteiger partial charge in [0.05, 0.1) is 7.11 Å². The third kappa shape index (κ3) is 4.04. The molecule has 0 spiro atoms. The predicted octanol–water partition coefficient (Wildman–Crippen LogP) is 1.57. The number of aryl methyl sites for hydroxylation is 2. The first kappa shape index (κ1) is 15.7. The van der Waals surface area contributed by atoms with E-state index >= 15 is 0 Å². The van der Waals surface area contributed by atoms with E-state index in [4.69, 9.17) is 4.74 Å². The zero-order chi connectivity index (χ0) is 14.6. The summed E-state index contributed by atoms with van der Waals surface area (Å²) in [6.45, 7) is 5.24. The minimum absolute atomic E-state index is 0.0604. The van der Waals surface area contributed by atoms with Crippen molar-refractivity contribution in [1.82, 2.24) is 4.72 Å². The maximum atomic E-state index is 12.2. The van der Waals surface area contributed by atoms with Crippen LogP contribution in [-0.2, 0) is 14.8 Å². The average molecular weight is 285 g/mol. The molecule has 5 nitrogen and oxygen atoms in total. The summed E-state index contributed by atoms with van der Waals surface area (Å²) in [7, 11) is -2.24. The smallest absolute Gasteiger partial charge is 0.244 e. The molecule has 0 fully saturated rings. The van der Waals surface area contributed by atoms with Crippen LogP contribution in [-0.4, -0.2) is 27.9 Å². The normalized spacial score (nSPS) is 11.4. The number of ether oxygens (including phenoxy) is 1. The van der Waals surface area contributed by atoms with Crippen molar-refractivity contribution in [2.24, 2.45) is 0 Å². The maximum absolute atomic E-state index is 12.2. The summed E-state index contributed by atoms with van der Waals surface area (Å²) in [6, 6.07) is 3.26. The van der Waals surface area contributed by atoms with Crippen LogP contribution in [0.4, 0.5) is 0 Å². The van der Waals surface area contributed by atoms with Gasteiger partial charge in [-0.15, -0.1) is 0 Å². The van der Waals surface area contributed by atoms with Crippen molar-refractivity contribution in [1.29, 1.82) is 0 Å². The van der Waals surface area contributed by atoms with Gasteiger partial charge < -0.3 is 4.74 Å². The van der Waals surface area contributed by atoms with Crippen molar-refractivity contribution < 1.29 is 17.9 Å². The number of ketones is 1. The SMILES string of the molecule is COc1cc(C)c(C)cc1S(=O)(=O)NCCC(C)=O. The second-order valence-electron chi connectivity index (χ2n) is 4.44. The molecule has 6 heteroatoms. The molecule has 0 aromatic heterocycles. The molecule has 0 aliphatic carbocycles. The lowest BCUT2D eigenvalue weighted by Gasteiger charge is -2.12. The van der Waals surface area contributed by atoms with Crippen molar-refractivity contribution >= 4 is 15.8 Å². The first-order valence-corrected chi connectivity index (χ1v) is 7.40. The molecule has 0 radical (unpaired) electrons. The van der Waals surface area contributed by atoms with E-state index < -0.39 is 10.0 Å². The molecule has 0 atom stereocenters. The molecule has 0 unspecified atom stereocenters. The molecule has 1 N–H and O–H groups in total. The van der Waals surface area contributed by atoms with Crippen LogP contribution in [0.2, 0.25) is 0 Å². The van der Waals surface area contributed by atoms with Crippen LogP contribution >= 0.6 is 0 Å². The minimum atomic E-state index is -3.67. The Morgan fingerprint density at radius 1 is 1.26 bits per heavy atom. The lowest BCUT2D eigenvalue weighted by Crippen LogP contribution is -2.26. The zero-order valence-electron chi connectivity index (χ0n) is 11.6. The van der Waals surface area contributed by atoms with Gasteiger partial charge in [0.25, 0.3) is 0 Å². The number of hydrogen-bond acceptors (Lipinski definition) is 4. The fourth-order valence-electron chi connectivity index (χ4n) is 1.57. The Morgan fingerprint density at radius 2 is 1.84 bits per heavy atom. The first-order chi connectivity index (χ1) is 8.77. The monoisotopic (exact) mass is 285 g/mol. The quantitative estimate of drug-likeness (QED) is 0.861. The molecule has 0 heterocycles. The number of hydrogen-bond donors (Lipinski definition) is 1. The highest BCUT2D eigenvalue weighted by molar-refractivity contribution is 7.89. The Labute approximate surface area is 114 Å². The van der Waals surface area contributed by atoms with E-state index in [0.717, 1.165) is 11.1 Å². The third-order valence-electron chi connectivity index (χ3n) is 2.84. The molecule has 1 aromatic rings. The Morgan fingerprint density at radius 3 is 2.37 bits per heavy atom.